The number of hydrogen-bond donors (Lipinski definition) is 2. The highest BCUT2D eigenvalue weighted by Crippen LogP contribution is 2.33. The Hall–Kier alpha value is -1.73. The van der Waals surface area contributed by atoms with E-state index >= 15 is 0 Å². The van der Waals surface area contributed by atoms with Crippen molar-refractivity contribution in [2.75, 3.05) is 5.32 Å². The molecule has 0 aliphatic rings. The van der Waals surface area contributed by atoms with Crippen LogP contribution in [0.15, 0.2) is 40.9 Å². The van der Waals surface area contributed by atoms with Crippen molar-refractivity contribution in [3.05, 3.63) is 57.0 Å². The third-order valence-electron chi connectivity index (χ3n) is 2.69. The number of carbonyl (C=O) groups excluding carboxylic acids is 1. The fourth-order valence-corrected chi connectivity index (χ4v) is 2.38. The average Bonchev–Trinajstić information content (AvgIpc) is 2.39. The van der Waals surface area contributed by atoms with Crippen molar-refractivity contribution >= 4 is 39.1 Å². The Morgan fingerprint density at radius 3 is 2.50 bits per heavy atom. The zero-order valence-corrected chi connectivity index (χ0v) is 13.1. The number of aromatic hydroxyl groups is 1. The van der Waals surface area contributed by atoms with Crippen molar-refractivity contribution in [1.82, 2.24) is 0 Å². The van der Waals surface area contributed by atoms with Gasteiger partial charge in [-0.2, -0.15) is 13.2 Å². The van der Waals surface area contributed by atoms with E-state index in [1.165, 1.54) is 24.3 Å². The molecule has 0 unspecified atom stereocenters. The molecule has 0 heterocycles. The molecule has 0 fully saturated rings. The normalized spacial score (nSPS) is 11.3. The predicted octanol–water partition coefficient (Wildman–Crippen LogP) is 5.08. The van der Waals surface area contributed by atoms with Gasteiger partial charge < -0.3 is 10.4 Å². The molecule has 0 aromatic heterocycles. The number of carbonyl (C=O) groups is 1. The van der Waals surface area contributed by atoms with E-state index in [0.717, 1.165) is 12.1 Å². The summed E-state index contributed by atoms with van der Waals surface area (Å²) in [6.07, 6.45) is -4.54. The highest BCUT2D eigenvalue weighted by Gasteiger charge is 2.31. The lowest BCUT2D eigenvalue weighted by atomic mass is 10.1. The van der Waals surface area contributed by atoms with E-state index in [0.29, 0.717) is 0 Å². The Morgan fingerprint density at radius 1 is 1.18 bits per heavy atom. The number of nitrogens with one attached hydrogen (secondary N) is 1. The second-order valence-corrected chi connectivity index (χ2v) is 5.69. The number of alkyl halides is 3. The van der Waals surface area contributed by atoms with E-state index in [2.05, 4.69) is 21.2 Å². The van der Waals surface area contributed by atoms with Crippen LogP contribution in [-0.4, -0.2) is 11.0 Å². The average molecular weight is 395 g/mol. The molecule has 1 amide bonds. The molecule has 0 bridgehead atoms. The van der Waals surface area contributed by atoms with Crippen LogP contribution in [0.5, 0.6) is 5.75 Å². The van der Waals surface area contributed by atoms with Crippen LogP contribution >= 0.6 is 27.5 Å². The second-order valence-electron chi connectivity index (χ2n) is 4.34. The van der Waals surface area contributed by atoms with Crippen LogP contribution in [0.1, 0.15) is 15.9 Å². The topological polar surface area (TPSA) is 49.3 Å². The minimum atomic E-state index is -4.54. The van der Waals surface area contributed by atoms with Crippen LogP contribution in [0.25, 0.3) is 0 Å². The van der Waals surface area contributed by atoms with Crippen LogP contribution in [0.4, 0.5) is 18.9 Å². The third-order valence-corrected chi connectivity index (χ3v) is 3.38. The van der Waals surface area contributed by atoms with Gasteiger partial charge in [0, 0.05) is 15.2 Å². The maximum atomic E-state index is 12.7. The Labute approximate surface area is 136 Å². The van der Waals surface area contributed by atoms with Crippen molar-refractivity contribution in [2.24, 2.45) is 0 Å². The highest BCUT2D eigenvalue weighted by molar-refractivity contribution is 9.10. The Morgan fingerprint density at radius 2 is 1.86 bits per heavy atom. The van der Waals surface area contributed by atoms with Crippen molar-refractivity contribution < 1.29 is 23.1 Å². The van der Waals surface area contributed by atoms with Gasteiger partial charge in [-0.25, -0.2) is 0 Å². The van der Waals surface area contributed by atoms with Gasteiger partial charge in [0.05, 0.1) is 11.1 Å². The number of anilines is 1. The standard InChI is InChI=1S/C14H8BrClF3NO2/c15-8-3-7(14(17,18)19)4-10(5-8)20-13(22)11-6-9(16)1-2-12(11)21/h1-6,21H,(H,20,22). The molecular formula is C14H8BrClF3NO2. The minimum Gasteiger partial charge on any atom is -0.507 e. The largest absolute Gasteiger partial charge is 0.507 e. The fraction of sp³-hybridized carbons (Fsp3) is 0.0714. The van der Waals surface area contributed by atoms with Gasteiger partial charge in [-0.15, -0.1) is 0 Å². The zero-order chi connectivity index (χ0) is 16.5. The quantitative estimate of drug-likeness (QED) is 0.746. The molecule has 8 heteroatoms. The number of amides is 1. The first-order valence-electron chi connectivity index (χ1n) is 5.84. The molecule has 22 heavy (non-hydrogen) atoms. The summed E-state index contributed by atoms with van der Waals surface area (Å²) in [5, 5.41) is 12.1. The first kappa shape index (κ1) is 16.6. The molecule has 0 spiro atoms. The molecule has 2 aromatic rings. The Balaban J connectivity index is 2.32. The van der Waals surface area contributed by atoms with Crippen LogP contribution < -0.4 is 5.32 Å². The predicted molar refractivity (Wildman–Crippen MR) is 80.2 cm³/mol. The smallest absolute Gasteiger partial charge is 0.416 e. The first-order valence-corrected chi connectivity index (χ1v) is 7.01. The minimum absolute atomic E-state index is 0.0638. The van der Waals surface area contributed by atoms with Crippen molar-refractivity contribution in [3.63, 3.8) is 0 Å². The number of phenolic OH excluding ortho intramolecular Hbond substituents is 1. The van der Waals surface area contributed by atoms with Gasteiger partial charge in [-0.1, -0.05) is 27.5 Å². The Kier molecular flexibility index (Phi) is 4.67. The summed E-state index contributed by atoms with van der Waals surface area (Å²) < 4.78 is 38.4. The van der Waals surface area contributed by atoms with E-state index in [-0.39, 0.29) is 26.5 Å². The monoisotopic (exact) mass is 393 g/mol. The molecule has 0 saturated carbocycles. The van der Waals surface area contributed by atoms with Crippen LogP contribution in [-0.2, 0) is 6.18 Å². The molecule has 2 aromatic carbocycles. The van der Waals surface area contributed by atoms with Gasteiger partial charge in [0.15, 0.2) is 0 Å². The summed E-state index contributed by atoms with van der Waals surface area (Å²) in [4.78, 5) is 12.0. The van der Waals surface area contributed by atoms with Crippen LogP contribution in [0, 0.1) is 0 Å². The molecular weight excluding hydrogens is 387 g/mol. The Bertz CT molecular complexity index is 735. The molecule has 0 aliphatic heterocycles. The molecule has 0 aliphatic carbocycles. The number of phenols is 1. The zero-order valence-electron chi connectivity index (χ0n) is 10.7. The lowest BCUT2D eigenvalue weighted by Gasteiger charge is -2.11. The van der Waals surface area contributed by atoms with E-state index in [1.54, 1.807) is 0 Å². The molecule has 0 saturated heterocycles. The molecule has 0 atom stereocenters. The van der Waals surface area contributed by atoms with E-state index in [9.17, 15) is 23.1 Å². The maximum Gasteiger partial charge on any atom is 0.416 e. The van der Waals surface area contributed by atoms with E-state index in [1.807, 2.05) is 0 Å². The van der Waals surface area contributed by atoms with Gasteiger partial charge in [-0.05, 0) is 36.4 Å². The van der Waals surface area contributed by atoms with Crippen molar-refractivity contribution in [3.8, 4) is 5.75 Å². The van der Waals surface area contributed by atoms with E-state index in [4.69, 9.17) is 11.6 Å². The number of rotatable bonds is 2. The van der Waals surface area contributed by atoms with Gasteiger partial charge in [0.1, 0.15) is 5.75 Å². The van der Waals surface area contributed by atoms with Crippen molar-refractivity contribution in [2.45, 2.75) is 6.18 Å². The van der Waals surface area contributed by atoms with Gasteiger partial charge >= 0.3 is 6.18 Å². The number of halogens is 5. The van der Waals surface area contributed by atoms with Gasteiger partial charge in [0.2, 0.25) is 0 Å². The molecule has 0 radical (unpaired) electrons. The third kappa shape index (κ3) is 3.92. The van der Waals surface area contributed by atoms with Gasteiger partial charge in [-0.3, -0.25) is 4.79 Å². The van der Waals surface area contributed by atoms with Crippen molar-refractivity contribution in [1.29, 1.82) is 0 Å². The summed E-state index contributed by atoms with van der Waals surface area (Å²) in [5.41, 5.74) is -1.11. The molecule has 2 N–H and O–H groups in total. The summed E-state index contributed by atoms with van der Waals surface area (Å²) in [7, 11) is 0. The number of hydrogen-bond acceptors (Lipinski definition) is 2. The summed E-state index contributed by atoms with van der Waals surface area (Å²) in [6, 6.07) is 6.83. The second kappa shape index (κ2) is 6.18. The fourth-order valence-electron chi connectivity index (χ4n) is 1.71. The summed E-state index contributed by atoms with van der Waals surface area (Å²) in [5.74, 6) is -1.10. The molecule has 3 nitrogen and oxygen atoms in total. The lowest BCUT2D eigenvalue weighted by molar-refractivity contribution is -0.137. The molecule has 116 valence electrons. The highest BCUT2D eigenvalue weighted by atomic mass is 79.9. The summed E-state index contributed by atoms with van der Waals surface area (Å²) >= 11 is 8.68. The summed E-state index contributed by atoms with van der Waals surface area (Å²) in [6.45, 7) is 0. The van der Waals surface area contributed by atoms with E-state index < -0.39 is 17.6 Å². The lowest BCUT2D eigenvalue weighted by Crippen LogP contribution is -2.13. The first-order chi connectivity index (χ1) is 10.2. The SMILES string of the molecule is O=C(Nc1cc(Br)cc(C(F)(F)F)c1)c1cc(Cl)ccc1O. The molecule has 2 rings (SSSR count). The van der Waals surface area contributed by atoms with Crippen LogP contribution in [0.2, 0.25) is 5.02 Å². The van der Waals surface area contributed by atoms with Crippen LogP contribution in [0.3, 0.4) is 0 Å². The number of benzene rings is 2. The maximum absolute atomic E-state index is 12.7. The van der Waals surface area contributed by atoms with Gasteiger partial charge in [0.25, 0.3) is 5.91 Å².